The first kappa shape index (κ1) is 24.4. The van der Waals surface area contributed by atoms with Gasteiger partial charge in [-0.25, -0.2) is 4.99 Å². The quantitative estimate of drug-likeness (QED) is 0.307. The topological polar surface area (TPSA) is 66.7 Å². The fourth-order valence-electron chi connectivity index (χ4n) is 4.68. The first-order valence-corrected chi connectivity index (χ1v) is 13.3. The van der Waals surface area contributed by atoms with Crippen LogP contribution in [-0.2, 0) is 16.1 Å². The molecule has 1 saturated heterocycles. The summed E-state index contributed by atoms with van der Waals surface area (Å²) in [5, 5.41) is 5.87. The number of halogens is 1. The lowest BCUT2D eigenvalue weighted by Gasteiger charge is -2.13. The van der Waals surface area contributed by atoms with Crippen molar-refractivity contribution in [3.63, 3.8) is 0 Å². The molecule has 0 bridgehead atoms. The predicted octanol–water partition coefficient (Wildman–Crippen LogP) is 6.76. The lowest BCUT2D eigenvalue weighted by molar-refractivity contribution is -0.128. The first-order valence-electron chi connectivity index (χ1n) is 12.0. The molecule has 1 fully saturated rings. The van der Waals surface area contributed by atoms with E-state index in [1.165, 1.54) is 22.7 Å². The number of amides is 2. The maximum atomic E-state index is 13.1. The normalized spacial score (nSPS) is 17.0. The number of aliphatic imine (C=N–C) groups is 1. The molecule has 0 radical (unpaired) electrons. The van der Waals surface area contributed by atoms with E-state index in [-0.39, 0.29) is 18.2 Å². The molecule has 0 spiro atoms. The number of thioether (sulfide) groups is 1. The van der Waals surface area contributed by atoms with Crippen LogP contribution in [0.15, 0.2) is 65.7 Å². The predicted molar refractivity (Wildman–Crippen MR) is 150 cm³/mol. The Kier molecular flexibility index (Phi) is 6.77. The Hall–Kier alpha value is -3.29. The van der Waals surface area contributed by atoms with Crippen LogP contribution in [0.2, 0.25) is 5.02 Å². The third-order valence-corrected chi connectivity index (χ3v) is 7.89. The molecule has 2 amide bonds. The van der Waals surface area contributed by atoms with Gasteiger partial charge in [0.15, 0.2) is 5.17 Å². The number of aromatic nitrogens is 1. The van der Waals surface area contributed by atoms with Crippen molar-refractivity contribution in [3.8, 4) is 0 Å². The number of carbonyl (C=O) groups excluding carboxylic acids is 2. The zero-order valence-corrected chi connectivity index (χ0v) is 22.0. The molecule has 1 aliphatic heterocycles. The van der Waals surface area contributed by atoms with Crippen LogP contribution < -0.4 is 5.32 Å². The Morgan fingerprint density at radius 3 is 2.58 bits per heavy atom. The Balaban J connectivity index is 1.40. The van der Waals surface area contributed by atoms with Gasteiger partial charge in [-0.1, -0.05) is 47.6 Å². The monoisotopic (exact) mass is 518 g/mol. The number of fused-ring (bicyclic) bond motifs is 3. The Morgan fingerprint density at radius 1 is 1.03 bits per heavy atom. The molecule has 184 valence electrons. The fraction of sp³-hybridized carbons (Fsp3) is 0.250. The summed E-state index contributed by atoms with van der Waals surface area (Å²) in [7, 11) is 0. The van der Waals surface area contributed by atoms with E-state index in [0.29, 0.717) is 22.4 Å². The highest BCUT2D eigenvalue weighted by atomic mass is 35.5. The number of hydrogen-bond acceptors (Lipinski definition) is 4. The second kappa shape index (κ2) is 9.99. The minimum absolute atomic E-state index is 0.0635. The van der Waals surface area contributed by atoms with Crippen molar-refractivity contribution in [3.05, 3.63) is 71.2 Å². The average Bonchev–Trinajstić information content (AvgIpc) is 3.34. The molecular weight excluding hydrogens is 492 g/mol. The summed E-state index contributed by atoms with van der Waals surface area (Å²) >= 11 is 7.42. The van der Waals surface area contributed by atoms with Crippen LogP contribution >= 0.6 is 23.4 Å². The van der Waals surface area contributed by atoms with Gasteiger partial charge < -0.3 is 9.88 Å². The van der Waals surface area contributed by atoms with Crippen molar-refractivity contribution in [2.75, 3.05) is 11.9 Å². The number of benzene rings is 3. The van der Waals surface area contributed by atoms with Gasteiger partial charge in [-0.2, -0.15) is 0 Å². The number of anilines is 1. The van der Waals surface area contributed by atoms with Crippen molar-refractivity contribution in [1.82, 2.24) is 9.47 Å². The standard InChI is InChI=1S/C28H27ClN4O2S/c1-4-32-23-9-7-6-8-20(23)21-15-19(12-13-24(21)32)30-28-33(5-2)27(35)25(36-28)16-26(34)31-22-14-18(29)11-10-17(22)3/h6-15,25H,4-5,16H2,1-3H3,(H,31,34)/t25-/m1/s1. The number of hydrogen-bond donors (Lipinski definition) is 1. The van der Waals surface area contributed by atoms with Crippen molar-refractivity contribution in [2.45, 2.75) is 39.0 Å². The molecule has 8 heteroatoms. The van der Waals surface area contributed by atoms with E-state index in [4.69, 9.17) is 16.6 Å². The van der Waals surface area contributed by atoms with Gasteiger partial charge in [0, 0.05) is 52.0 Å². The molecule has 2 heterocycles. The van der Waals surface area contributed by atoms with Crippen molar-refractivity contribution in [2.24, 2.45) is 4.99 Å². The minimum Gasteiger partial charge on any atom is -0.341 e. The molecule has 1 aromatic heterocycles. The van der Waals surface area contributed by atoms with Crippen LogP contribution in [0, 0.1) is 6.92 Å². The van der Waals surface area contributed by atoms with Gasteiger partial charge in [0.1, 0.15) is 5.25 Å². The molecule has 0 saturated carbocycles. The largest absolute Gasteiger partial charge is 0.341 e. The van der Waals surface area contributed by atoms with E-state index >= 15 is 0 Å². The van der Waals surface area contributed by atoms with Gasteiger partial charge in [-0.05, 0) is 62.7 Å². The fourth-order valence-corrected chi connectivity index (χ4v) is 6.07. The Bertz CT molecular complexity index is 1530. The van der Waals surface area contributed by atoms with E-state index in [0.717, 1.165) is 28.7 Å². The van der Waals surface area contributed by atoms with Crippen LogP contribution in [0.25, 0.3) is 21.8 Å². The van der Waals surface area contributed by atoms with Crippen molar-refractivity contribution in [1.29, 1.82) is 0 Å². The maximum absolute atomic E-state index is 13.1. The summed E-state index contributed by atoms with van der Waals surface area (Å²) in [6, 6.07) is 19.9. The number of nitrogens with one attached hydrogen (secondary N) is 1. The van der Waals surface area contributed by atoms with Gasteiger partial charge >= 0.3 is 0 Å². The molecule has 3 aromatic carbocycles. The van der Waals surface area contributed by atoms with Gasteiger partial charge in [0.2, 0.25) is 11.8 Å². The van der Waals surface area contributed by atoms with Crippen molar-refractivity contribution < 1.29 is 9.59 Å². The van der Waals surface area contributed by atoms with Gasteiger partial charge in [-0.3, -0.25) is 14.5 Å². The number of carbonyl (C=O) groups is 2. The van der Waals surface area contributed by atoms with Crippen molar-refractivity contribution >= 4 is 73.5 Å². The van der Waals surface area contributed by atoms with E-state index in [1.54, 1.807) is 17.0 Å². The molecule has 1 N–H and O–H groups in total. The highest BCUT2D eigenvalue weighted by Crippen LogP contribution is 2.35. The smallest absolute Gasteiger partial charge is 0.242 e. The lowest BCUT2D eigenvalue weighted by atomic mass is 10.1. The maximum Gasteiger partial charge on any atom is 0.242 e. The molecule has 6 nitrogen and oxygen atoms in total. The second-order valence-corrected chi connectivity index (χ2v) is 10.4. The molecule has 5 rings (SSSR count). The third kappa shape index (κ3) is 4.49. The Morgan fingerprint density at radius 2 is 1.81 bits per heavy atom. The van der Waals surface area contributed by atoms with Crippen LogP contribution in [0.4, 0.5) is 11.4 Å². The number of rotatable bonds is 6. The summed E-state index contributed by atoms with van der Waals surface area (Å²) in [6.45, 7) is 7.34. The highest BCUT2D eigenvalue weighted by molar-refractivity contribution is 8.15. The van der Waals surface area contributed by atoms with Crippen LogP contribution in [-0.4, -0.2) is 38.2 Å². The van der Waals surface area contributed by atoms with E-state index in [2.05, 4.69) is 47.1 Å². The van der Waals surface area contributed by atoms with E-state index in [9.17, 15) is 9.59 Å². The molecule has 0 aliphatic carbocycles. The van der Waals surface area contributed by atoms with Crippen LogP contribution in [0.1, 0.15) is 25.8 Å². The highest BCUT2D eigenvalue weighted by Gasteiger charge is 2.38. The van der Waals surface area contributed by atoms with Gasteiger partial charge in [0.25, 0.3) is 0 Å². The molecule has 1 atom stereocenters. The molecule has 1 aliphatic rings. The van der Waals surface area contributed by atoms with Gasteiger partial charge in [-0.15, -0.1) is 0 Å². The SMILES string of the molecule is CCN1C(=O)[C@@H](CC(=O)Nc2cc(Cl)ccc2C)SC1=Nc1ccc2c(c1)c1ccccc1n2CC. The number of para-hydroxylation sites is 1. The number of aryl methyl sites for hydroxylation is 2. The molecular formula is C28H27ClN4O2S. The molecule has 0 unspecified atom stereocenters. The summed E-state index contributed by atoms with van der Waals surface area (Å²) in [6.07, 6.45) is 0.0635. The average molecular weight is 519 g/mol. The summed E-state index contributed by atoms with van der Waals surface area (Å²) in [5.41, 5.74) is 4.71. The lowest BCUT2D eigenvalue weighted by Crippen LogP contribution is -2.33. The Labute approximate surface area is 219 Å². The number of nitrogens with zero attached hydrogens (tertiary/aromatic N) is 3. The molecule has 36 heavy (non-hydrogen) atoms. The summed E-state index contributed by atoms with van der Waals surface area (Å²) in [5.74, 6) is -0.319. The first-order chi connectivity index (χ1) is 17.4. The minimum atomic E-state index is -0.520. The zero-order valence-electron chi connectivity index (χ0n) is 20.4. The van der Waals surface area contributed by atoms with Crippen LogP contribution in [0.3, 0.4) is 0 Å². The zero-order chi connectivity index (χ0) is 25.4. The molecule has 4 aromatic rings. The summed E-state index contributed by atoms with van der Waals surface area (Å²) in [4.78, 5) is 32.4. The summed E-state index contributed by atoms with van der Waals surface area (Å²) < 4.78 is 2.30. The third-order valence-electron chi connectivity index (χ3n) is 6.48. The van der Waals surface area contributed by atoms with E-state index < -0.39 is 5.25 Å². The van der Waals surface area contributed by atoms with Crippen LogP contribution in [0.5, 0.6) is 0 Å². The van der Waals surface area contributed by atoms with Gasteiger partial charge in [0.05, 0.1) is 5.69 Å². The van der Waals surface area contributed by atoms with E-state index in [1.807, 2.05) is 32.0 Å². The number of amidine groups is 1. The second-order valence-electron chi connectivity index (χ2n) is 8.76.